The van der Waals surface area contributed by atoms with Crippen molar-refractivity contribution in [3.05, 3.63) is 12.3 Å². The third-order valence-electron chi connectivity index (χ3n) is 2.94. The zero-order valence-corrected chi connectivity index (χ0v) is 9.87. The number of aromatic nitrogens is 2. The second-order valence-corrected chi connectivity index (χ2v) is 4.21. The first-order valence-electron chi connectivity index (χ1n) is 6.04. The van der Waals surface area contributed by atoms with Gasteiger partial charge in [0.05, 0.1) is 12.2 Å². The summed E-state index contributed by atoms with van der Waals surface area (Å²) in [6.07, 6.45) is 4.27. The Bertz CT molecular complexity index is 305. The number of anilines is 1. The fourth-order valence-corrected chi connectivity index (χ4v) is 1.83. The summed E-state index contributed by atoms with van der Waals surface area (Å²) in [4.78, 5) is 0. The van der Waals surface area contributed by atoms with Gasteiger partial charge in [0.2, 0.25) is 0 Å². The lowest BCUT2D eigenvalue weighted by molar-refractivity contribution is 0.321. The molecule has 2 heterocycles. The lowest BCUT2D eigenvalue weighted by Gasteiger charge is -2.28. The van der Waals surface area contributed by atoms with Crippen LogP contribution in [0.25, 0.3) is 0 Å². The van der Waals surface area contributed by atoms with Crippen LogP contribution in [-0.4, -0.2) is 43.0 Å². The number of rotatable bonds is 7. The highest BCUT2D eigenvalue weighted by Crippen LogP contribution is 2.17. The molecule has 0 bridgehead atoms. The topological polar surface area (TPSA) is 53.9 Å². The molecule has 0 saturated carbocycles. The van der Waals surface area contributed by atoms with Gasteiger partial charge in [-0.25, -0.2) is 4.68 Å². The molecule has 0 aliphatic carbocycles. The normalized spacial score (nSPS) is 16.1. The minimum absolute atomic E-state index is 0.537. The molecule has 0 unspecified atom stereocenters. The molecule has 1 aliphatic rings. The van der Waals surface area contributed by atoms with Crippen LogP contribution in [0.3, 0.4) is 0 Å². The molecule has 2 rings (SSSR count). The Morgan fingerprint density at radius 3 is 2.94 bits per heavy atom. The van der Waals surface area contributed by atoms with E-state index >= 15 is 0 Å². The van der Waals surface area contributed by atoms with Gasteiger partial charge in [-0.3, -0.25) is 0 Å². The van der Waals surface area contributed by atoms with Crippen molar-refractivity contribution >= 4 is 5.82 Å². The van der Waals surface area contributed by atoms with Gasteiger partial charge in [0.25, 0.3) is 0 Å². The van der Waals surface area contributed by atoms with Crippen molar-refractivity contribution in [1.29, 1.82) is 0 Å². The van der Waals surface area contributed by atoms with Gasteiger partial charge in [-0.05, 0) is 26.4 Å². The molecule has 0 atom stereocenters. The van der Waals surface area contributed by atoms with Gasteiger partial charge >= 0.3 is 0 Å². The molecular weight excluding hydrogens is 202 g/mol. The highest BCUT2D eigenvalue weighted by atomic mass is 15.4. The minimum Gasteiger partial charge on any atom is -0.370 e. The quantitative estimate of drug-likeness (QED) is 0.587. The third kappa shape index (κ3) is 2.74. The monoisotopic (exact) mass is 223 g/mol. The minimum atomic E-state index is 0.537. The van der Waals surface area contributed by atoms with E-state index in [0.29, 0.717) is 6.04 Å². The van der Waals surface area contributed by atoms with Crippen molar-refractivity contribution in [3.8, 4) is 0 Å². The van der Waals surface area contributed by atoms with Crippen molar-refractivity contribution in [2.24, 2.45) is 0 Å². The first kappa shape index (κ1) is 11.4. The van der Waals surface area contributed by atoms with Crippen molar-refractivity contribution in [2.45, 2.75) is 18.9 Å². The average Bonchev–Trinajstić information content (AvgIpc) is 2.64. The summed E-state index contributed by atoms with van der Waals surface area (Å²) in [6.45, 7) is 4.19. The first-order chi connectivity index (χ1) is 7.92. The zero-order chi connectivity index (χ0) is 11.2. The number of nitrogens with zero attached hydrogens (tertiary/aromatic N) is 2. The molecule has 1 aromatic heterocycles. The number of hydrogen-bond acceptors (Lipinski definition) is 4. The molecule has 1 fully saturated rings. The summed E-state index contributed by atoms with van der Waals surface area (Å²) in [5.74, 6) is 1.15. The molecule has 1 aromatic rings. The van der Waals surface area contributed by atoms with E-state index in [1.807, 2.05) is 13.2 Å². The standard InChI is InChI=1S/C11H21N5/c1-12-5-2-3-6-14-11-4-7-15-16(11)10-8-13-9-10/h4,7,10,12-14H,2-3,5-6,8-9H2,1H3. The average molecular weight is 223 g/mol. The van der Waals surface area contributed by atoms with Gasteiger partial charge in [0.1, 0.15) is 5.82 Å². The van der Waals surface area contributed by atoms with Crippen LogP contribution < -0.4 is 16.0 Å². The van der Waals surface area contributed by atoms with Crippen LogP contribution in [0.1, 0.15) is 18.9 Å². The van der Waals surface area contributed by atoms with E-state index in [1.54, 1.807) is 0 Å². The van der Waals surface area contributed by atoms with Gasteiger partial charge in [-0.15, -0.1) is 0 Å². The smallest absolute Gasteiger partial charge is 0.124 e. The van der Waals surface area contributed by atoms with Crippen LogP contribution in [0.5, 0.6) is 0 Å². The molecular formula is C11H21N5. The number of nitrogens with one attached hydrogen (secondary N) is 3. The lowest BCUT2D eigenvalue weighted by Crippen LogP contribution is -2.44. The fourth-order valence-electron chi connectivity index (χ4n) is 1.83. The predicted octanol–water partition coefficient (Wildman–Crippen LogP) is 0.439. The molecule has 0 spiro atoms. The fraction of sp³-hybridized carbons (Fsp3) is 0.727. The van der Waals surface area contributed by atoms with E-state index in [0.717, 1.165) is 32.0 Å². The third-order valence-corrected chi connectivity index (χ3v) is 2.94. The largest absolute Gasteiger partial charge is 0.370 e. The van der Waals surface area contributed by atoms with Crippen LogP contribution in [0.15, 0.2) is 12.3 Å². The number of hydrogen-bond donors (Lipinski definition) is 3. The van der Waals surface area contributed by atoms with Crippen LogP contribution >= 0.6 is 0 Å². The summed E-state index contributed by atoms with van der Waals surface area (Å²) >= 11 is 0. The Kier molecular flexibility index (Phi) is 4.18. The molecule has 0 aromatic carbocycles. The Balaban J connectivity index is 1.73. The van der Waals surface area contributed by atoms with E-state index < -0.39 is 0 Å². The summed E-state index contributed by atoms with van der Waals surface area (Å²) in [7, 11) is 1.99. The van der Waals surface area contributed by atoms with Crippen LogP contribution in [0.2, 0.25) is 0 Å². The SMILES string of the molecule is CNCCCCNc1ccnn1C1CNC1. The highest BCUT2D eigenvalue weighted by Gasteiger charge is 2.21. The van der Waals surface area contributed by atoms with Gasteiger partial charge < -0.3 is 16.0 Å². The molecule has 5 nitrogen and oxygen atoms in total. The Morgan fingerprint density at radius 1 is 1.44 bits per heavy atom. The molecule has 1 saturated heterocycles. The van der Waals surface area contributed by atoms with E-state index in [-0.39, 0.29) is 0 Å². The second kappa shape index (κ2) is 5.86. The molecule has 3 N–H and O–H groups in total. The van der Waals surface area contributed by atoms with Crippen LogP contribution in [0.4, 0.5) is 5.82 Å². The Labute approximate surface area is 96.6 Å². The lowest BCUT2D eigenvalue weighted by atomic mass is 10.2. The maximum Gasteiger partial charge on any atom is 0.124 e. The second-order valence-electron chi connectivity index (χ2n) is 4.21. The first-order valence-corrected chi connectivity index (χ1v) is 6.04. The van der Waals surface area contributed by atoms with Gasteiger partial charge in [-0.2, -0.15) is 5.10 Å². The van der Waals surface area contributed by atoms with Crippen LogP contribution in [0, 0.1) is 0 Å². The zero-order valence-electron chi connectivity index (χ0n) is 9.87. The molecule has 0 amide bonds. The predicted molar refractivity (Wildman–Crippen MR) is 65.8 cm³/mol. The molecule has 5 heteroatoms. The summed E-state index contributed by atoms with van der Waals surface area (Å²) in [5.41, 5.74) is 0. The molecule has 0 radical (unpaired) electrons. The maximum absolute atomic E-state index is 4.36. The Morgan fingerprint density at radius 2 is 2.25 bits per heavy atom. The van der Waals surface area contributed by atoms with Crippen molar-refractivity contribution in [2.75, 3.05) is 38.5 Å². The van der Waals surface area contributed by atoms with Gasteiger partial charge in [0.15, 0.2) is 0 Å². The highest BCUT2D eigenvalue weighted by molar-refractivity contribution is 5.34. The van der Waals surface area contributed by atoms with E-state index in [9.17, 15) is 0 Å². The van der Waals surface area contributed by atoms with Crippen LogP contribution in [-0.2, 0) is 0 Å². The maximum atomic E-state index is 4.36. The van der Waals surface area contributed by atoms with E-state index in [2.05, 4.69) is 31.8 Å². The Hall–Kier alpha value is -1.07. The molecule has 16 heavy (non-hydrogen) atoms. The molecule has 1 aliphatic heterocycles. The van der Waals surface area contributed by atoms with E-state index in [1.165, 1.54) is 12.8 Å². The summed E-state index contributed by atoms with van der Waals surface area (Å²) in [5, 5.41) is 14.2. The van der Waals surface area contributed by atoms with Gasteiger partial charge in [0, 0.05) is 25.7 Å². The van der Waals surface area contributed by atoms with Crippen molar-refractivity contribution in [3.63, 3.8) is 0 Å². The van der Waals surface area contributed by atoms with Crippen molar-refractivity contribution in [1.82, 2.24) is 20.4 Å². The van der Waals surface area contributed by atoms with Crippen molar-refractivity contribution < 1.29 is 0 Å². The summed E-state index contributed by atoms with van der Waals surface area (Å²) < 4.78 is 2.09. The van der Waals surface area contributed by atoms with E-state index in [4.69, 9.17) is 0 Å². The van der Waals surface area contributed by atoms with Gasteiger partial charge in [-0.1, -0.05) is 0 Å². The molecule has 90 valence electrons. The number of unbranched alkanes of at least 4 members (excludes halogenated alkanes) is 1. The summed E-state index contributed by atoms with van der Waals surface area (Å²) in [6, 6.07) is 2.59.